The van der Waals surface area contributed by atoms with Crippen molar-refractivity contribution >= 4 is 0 Å². The summed E-state index contributed by atoms with van der Waals surface area (Å²) in [5, 5.41) is 0. The Morgan fingerprint density at radius 3 is 2.57 bits per heavy atom. The van der Waals surface area contributed by atoms with E-state index in [9.17, 15) is 0 Å². The van der Waals surface area contributed by atoms with Crippen LogP contribution in [0.15, 0.2) is 12.3 Å². The van der Waals surface area contributed by atoms with Crippen molar-refractivity contribution in [3.8, 4) is 0 Å². The SMILES string of the molecule is Cc1ccnc2c1CN(C(C)(C)C)C2. The monoisotopic (exact) mass is 190 g/mol. The topological polar surface area (TPSA) is 16.1 Å². The molecule has 0 spiro atoms. The smallest absolute Gasteiger partial charge is 0.0591 e. The Labute approximate surface area is 86.0 Å². The molecule has 1 aromatic heterocycles. The molecule has 0 saturated heterocycles. The van der Waals surface area contributed by atoms with Gasteiger partial charge in [-0.15, -0.1) is 0 Å². The quantitative estimate of drug-likeness (QED) is 0.625. The zero-order chi connectivity index (χ0) is 10.3. The molecule has 2 heteroatoms. The van der Waals surface area contributed by atoms with Gasteiger partial charge in [0, 0.05) is 24.8 Å². The van der Waals surface area contributed by atoms with E-state index in [0.717, 1.165) is 13.1 Å². The van der Waals surface area contributed by atoms with Crippen LogP contribution in [0.25, 0.3) is 0 Å². The summed E-state index contributed by atoms with van der Waals surface area (Å²) in [5.74, 6) is 0. The third kappa shape index (κ3) is 1.55. The Morgan fingerprint density at radius 1 is 1.29 bits per heavy atom. The minimum atomic E-state index is 0.243. The average Bonchev–Trinajstić information content (AvgIpc) is 2.48. The standard InChI is InChI=1S/C12H18N2/c1-9-5-6-13-11-8-14(7-10(9)11)12(2,3)4/h5-6H,7-8H2,1-4H3. The van der Waals surface area contributed by atoms with Crippen LogP contribution in [0.4, 0.5) is 0 Å². The molecule has 0 saturated carbocycles. The van der Waals surface area contributed by atoms with Crippen molar-refractivity contribution in [2.45, 2.75) is 46.3 Å². The molecular weight excluding hydrogens is 172 g/mol. The van der Waals surface area contributed by atoms with Crippen LogP contribution in [0.5, 0.6) is 0 Å². The van der Waals surface area contributed by atoms with Crippen LogP contribution in [0, 0.1) is 6.92 Å². The van der Waals surface area contributed by atoms with Gasteiger partial charge in [0.2, 0.25) is 0 Å². The highest BCUT2D eigenvalue weighted by Crippen LogP contribution is 2.29. The number of aromatic nitrogens is 1. The molecule has 2 nitrogen and oxygen atoms in total. The fourth-order valence-corrected chi connectivity index (χ4v) is 1.90. The van der Waals surface area contributed by atoms with E-state index in [1.54, 1.807) is 0 Å². The molecule has 0 radical (unpaired) electrons. The van der Waals surface area contributed by atoms with Gasteiger partial charge >= 0.3 is 0 Å². The first kappa shape index (κ1) is 9.66. The van der Waals surface area contributed by atoms with E-state index in [-0.39, 0.29) is 5.54 Å². The van der Waals surface area contributed by atoms with Gasteiger partial charge in [0.1, 0.15) is 0 Å². The van der Waals surface area contributed by atoms with Crippen LogP contribution in [-0.4, -0.2) is 15.4 Å². The maximum absolute atomic E-state index is 4.44. The number of hydrogen-bond acceptors (Lipinski definition) is 2. The first-order chi connectivity index (χ1) is 6.48. The first-order valence-electron chi connectivity index (χ1n) is 5.17. The van der Waals surface area contributed by atoms with Gasteiger partial charge in [-0.25, -0.2) is 0 Å². The van der Waals surface area contributed by atoms with Crippen LogP contribution >= 0.6 is 0 Å². The molecule has 0 N–H and O–H groups in total. The van der Waals surface area contributed by atoms with E-state index in [1.165, 1.54) is 16.8 Å². The van der Waals surface area contributed by atoms with Crippen LogP contribution in [0.2, 0.25) is 0 Å². The van der Waals surface area contributed by atoms with E-state index in [0.29, 0.717) is 0 Å². The van der Waals surface area contributed by atoms with Gasteiger partial charge in [0.25, 0.3) is 0 Å². The second-order valence-corrected chi connectivity index (χ2v) is 5.08. The van der Waals surface area contributed by atoms with Crippen molar-refractivity contribution in [2.24, 2.45) is 0 Å². The molecule has 0 bridgehead atoms. The Morgan fingerprint density at radius 2 is 2.00 bits per heavy atom. The normalized spacial score (nSPS) is 17.1. The number of fused-ring (bicyclic) bond motifs is 1. The fraction of sp³-hybridized carbons (Fsp3) is 0.583. The van der Waals surface area contributed by atoms with E-state index >= 15 is 0 Å². The van der Waals surface area contributed by atoms with Crippen molar-refractivity contribution < 1.29 is 0 Å². The van der Waals surface area contributed by atoms with Crippen molar-refractivity contribution in [1.82, 2.24) is 9.88 Å². The molecule has 0 aliphatic carbocycles. The number of pyridine rings is 1. The highest BCUT2D eigenvalue weighted by molar-refractivity contribution is 5.32. The van der Waals surface area contributed by atoms with E-state index in [4.69, 9.17) is 0 Å². The number of rotatable bonds is 0. The second kappa shape index (κ2) is 3.06. The maximum Gasteiger partial charge on any atom is 0.0591 e. The molecular formula is C12H18N2. The van der Waals surface area contributed by atoms with Crippen LogP contribution in [0.1, 0.15) is 37.6 Å². The summed E-state index contributed by atoms with van der Waals surface area (Å²) in [6.45, 7) is 11.0. The molecule has 0 aromatic carbocycles. The molecule has 1 aliphatic rings. The number of hydrogen-bond donors (Lipinski definition) is 0. The van der Waals surface area contributed by atoms with Gasteiger partial charge in [-0.3, -0.25) is 9.88 Å². The lowest BCUT2D eigenvalue weighted by Crippen LogP contribution is -2.36. The van der Waals surface area contributed by atoms with Crippen LogP contribution < -0.4 is 0 Å². The van der Waals surface area contributed by atoms with Gasteiger partial charge in [-0.1, -0.05) is 0 Å². The van der Waals surface area contributed by atoms with Crippen molar-refractivity contribution in [3.63, 3.8) is 0 Å². The first-order valence-corrected chi connectivity index (χ1v) is 5.17. The lowest BCUT2D eigenvalue weighted by atomic mass is 10.1. The zero-order valence-corrected chi connectivity index (χ0v) is 9.46. The largest absolute Gasteiger partial charge is 0.288 e. The summed E-state index contributed by atoms with van der Waals surface area (Å²) >= 11 is 0. The Balaban J connectivity index is 2.31. The molecule has 0 atom stereocenters. The van der Waals surface area contributed by atoms with Gasteiger partial charge in [0.15, 0.2) is 0 Å². The highest BCUT2D eigenvalue weighted by Gasteiger charge is 2.29. The van der Waals surface area contributed by atoms with Crippen molar-refractivity contribution in [3.05, 3.63) is 29.1 Å². The second-order valence-electron chi connectivity index (χ2n) is 5.08. The third-order valence-electron chi connectivity index (χ3n) is 3.02. The number of aryl methyl sites for hydroxylation is 1. The summed E-state index contributed by atoms with van der Waals surface area (Å²) < 4.78 is 0. The lowest BCUT2D eigenvalue weighted by molar-refractivity contribution is 0.135. The number of nitrogens with zero attached hydrogens (tertiary/aromatic N) is 2. The molecule has 1 aliphatic heterocycles. The molecule has 2 heterocycles. The molecule has 0 fully saturated rings. The lowest BCUT2D eigenvalue weighted by Gasteiger charge is -2.31. The summed E-state index contributed by atoms with van der Waals surface area (Å²) in [6.07, 6.45) is 1.92. The third-order valence-corrected chi connectivity index (χ3v) is 3.02. The zero-order valence-electron chi connectivity index (χ0n) is 9.46. The van der Waals surface area contributed by atoms with Gasteiger partial charge in [0.05, 0.1) is 5.69 Å². The Hall–Kier alpha value is -0.890. The van der Waals surface area contributed by atoms with Crippen molar-refractivity contribution in [1.29, 1.82) is 0 Å². The minimum absolute atomic E-state index is 0.243. The van der Waals surface area contributed by atoms with Gasteiger partial charge in [-0.2, -0.15) is 0 Å². The van der Waals surface area contributed by atoms with Crippen molar-refractivity contribution in [2.75, 3.05) is 0 Å². The summed E-state index contributed by atoms with van der Waals surface area (Å²) in [5.41, 5.74) is 4.32. The molecule has 0 amide bonds. The summed E-state index contributed by atoms with van der Waals surface area (Å²) in [6, 6.07) is 2.10. The fourth-order valence-electron chi connectivity index (χ4n) is 1.90. The molecule has 0 unspecified atom stereocenters. The maximum atomic E-state index is 4.44. The molecule has 2 rings (SSSR count). The molecule has 1 aromatic rings. The Bertz CT molecular complexity index is 350. The summed E-state index contributed by atoms with van der Waals surface area (Å²) in [7, 11) is 0. The predicted molar refractivity (Wildman–Crippen MR) is 58.0 cm³/mol. The highest BCUT2D eigenvalue weighted by atomic mass is 15.2. The Kier molecular flexibility index (Phi) is 2.11. The minimum Gasteiger partial charge on any atom is -0.288 e. The van der Waals surface area contributed by atoms with Gasteiger partial charge < -0.3 is 0 Å². The summed E-state index contributed by atoms with van der Waals surface area (Å²) in [4.78, 5) is 6.91. The molecule has 76 valence electrons. The van der Waals surface area contributed by atoms with Crippen LogP contribution in [-0.2, 0) is 13.1 Å². The van der Waals surface area contributed by atoms with E-state index in [1.807, 2.05) is 6.20 Å². The van der Waals surface area contributed by atoms with Crippen LogP contribution in [0.3, 0.4) is 0 Å². The van der Waals surface area contributed by atoms with Gasteiger partial charge in [-0.05, 0) is 44.9 Å². The van der Waals surface area contributed by atoms with E-state index in [2.05, 4.69) is 43.6 Å². The van der Waals surface area contributed by atoms with E-state index < -0.39 is 0 Å². The predicted octanol–water partition coefficient (Wildman–Crippen LogP) is 2.50. The average molecular weight is 190 g/mol. The molecule has 14 heavy (non-hydrogen) atoms.